The largest absolute Gasteiger partial charge is 0.466 e. The second-order valence-corrected chi connectivity index (χ2v) is 7.66. The van der Waals surface area contributed by atoms with Crippen LogP contribution in [0.2, 0.25) is 0 Å². The lowest BCUT2D eigenvalue weighted by atomic mass is 10.0. The molecule has 5 rings (SSSR count). The summed E-state index contributed by atoms with van der Waals surface area (Å²) in [5.74, 6) is 1.12. The number of rotatable bonds is 4. The van der Waals surface area contributed by atoms with Crippen molar-refractivity contribution in [3.8, 4) is 0 Å². The summed E-state index contributed by atoms with van der Waals surface area (Å²) in [6.45, 7) is 4.12. The summed E-state index contributed by atoms with van der Waals surface area (Å²) in [6, 6.07) is 26.1. The molecule has 5 heteroatoms. The van der Waals surface area contributed by atoms with Gasteiger partial charge < -0.3 is 9.47 Å². The van der Waals surface area contributed by atoms with Crippen LogP contribution in [0.4, 0.5) is 0 Å². The van der Waals surface area contributed by atoms with E-state index in [1.54, 1.807) is 0 Å². The second kappa shape index (κ2) is 7.75. The first kappa shape index (κ1) is 18.6. The fraction of sp³-hybridized carbons (Fsp3) is 0.240. The average molecular weight is 397 g/mol. The van der Waals surface area contributed by atoms with Gasteiger partial charge in [-0.3, -0.25) is 0 Å². The van der Waals surface area contributed by atoms with E-state index in [0.29, 0.717) is 23.2 Å². The smallest absolute Gasteiger partial charge is 0.236 e. The van der Waals surface area contributed by atoms with Crippen LogP contribution in [-0.2, 0) is 9.47 Å². The molecule has 0 bridgehead atoms. The van der Waals surface area contributed by atoms with Crippen molar-refractivity contribution < 1.29 is 9.47 Å². The summed E-state index contributed by atoms with van der Waals surface area (Å²) in [5, 5.41) is 0. The Labute approximate surface area is 176 Å². The minimum Gasteiger partial charge on any atom is -0.466 e. The standard InChI is InChI=1S/C25H23N3O2/c1-16-22(18-10-5-3-6-11-18)29-24(26-16)20-14-9-15-21(28-20)25-27-17(2)23(30-25)19-12-7-4-8-13-19/h3-17,22-23H,1-2H3/t16-,17-,22+,23?/m0/s1. The topological polar surface area (TPSA) is 56.1 Å². The van der Waals surface area contributed by atoms with Gasteiger partial charge in [0.05, 0.1) is 12.1 Å². The van der Waals surface area contributed by atoms with Gasteiger partial charge in [0, 0.05) is 0 Å². The van der Waals surface area contributed by atoms with E-state index in [-0.39, 0.29) is 24.3 Å². The third-order valence-electron chi connectivity index (χ3n) is 5.44. The van der Waals surface area contributed by atoms with E-state index in [1.165, 1.54) is 0 Å². The Kier molecular flexibility index (Phi) is 4.79. The van der Waals surface area contributed by atoms with Crippen molar-refractivity contribution in [1.82, 2.24) is 4.98 Å². The summed E-state index contributed by atoms with van der Waals surface area (Å²) in [7, 11) is 0. The van der Waals surface area contributed by atoms with Crippen LogP contribution in [0, 0.1) is 0 Å². The Morgan fingerprint density at radius 3 is 1.43 bits per heavy atom. The van der Waals surface area contributed by atoms with E-state index in [9.17, 15) is 0 Å². The van der Waals surface area contributed by atoms with Crippen molar-refractivity contribution in [2.75, 3.05) is 0 Å². The Balaban J connectivity index is 1.37. The van der Waals surface area contributed by atoms with E-state index in [4.69, 9.17) is 24.4 Å². The molecule has 30 heavy (non-hydrogen) atoms. The molecule has 0 spiro atoms. The van der Waals surface area contributed by atoms with Crippen LogP contribution in [0.15, 0.2) is 88.8 Å². The van der Waals surface area contributed by atoms with Crippen LogP contribution in [0.3, 0.4) is 0 Å². The molecule has 0 saturated heterocycles. The molecule has 0 aliphatic carbocycles. The molecule has 5 nitrogen and oxygen atoms in total. The Bertz CT molecular complexity index is 1010. The SMILES string of the molecule is C[C@@H]1N=C(c2cccc(C3=N[C@@H](C)[C@H](c4ccccc4)O3)n2)OC1c1ccccc1. The third kappa shape index (κ3) is 3.47. The molecule has 3 aromatic rings. The molecule has 2 aliphatic rings. The highest BCUT2D eigenvalue weighted by molar-refractivity contribution is 5.97. The van der Waals surface area contributed by atoms with Crippen LogP contribution >= 0.6 is 0 Å². The second-order valence-electron chi connectivity index (χ2n) is 7.66. The van der Waals surface area contributed by atoms with Crippen LogP contribution in [0.5, 0.6) is 0 Å². The lowest BCUT2D eigenvalue weighted by Gasteiger charge is -2.15. The van der Waals surface area contributed by atoms with Crippen LogP contribution < -0.4 is 0 Å². The molecule has 0 fully saturated rings. The van der Waals surface area contributed by atoms with Crippen molar-refractivity contribution in [2.24, 2.45) is 9.98 Å². The maximum absolute atomic E-state index is 6.18. The highest BCUT2D eigenvalue weighted by Gasteiger charge is 2.32. The van der Waals surface area contributed by atoms with Crippen molar-refractivity contribution in [2.45, 2.75) is 38.1 Å². The number of aromatic nitrogens is 1. The minimum absolute atomic E-state index is 0.0235. The van der Waals surface area contributed by atoms with Gasteiger partial charge in [-0.1, -0.05) is 66.7 Å². The van der Waals surface area contributed by atoms with Gasteiger partial charge in [-0.25, -0.2) is 15.0 Å². The fourth-order valence-electron chi connectivity index (χ4n) is 3.91. The van der Waals surface area contributed by atoms with Gasteiger partial charge in [-0.05, 0) is 37.1 Å². The lowest BCUT2D eigenvalue weighted by molar-refractivity contribution is 0.201. The molecule has 150 valence electrons. The van der Waals surface area contributed by atoms with Crippen LogP contribution in [0.1, 0.15) is 48.6 Å². The van der Waals surface area contributed by atoms with Gasteiger partial charge in [-0.2, -0.15) is 0 Å². The number of nitrogens with zero attached hydrogens (tertiary/aromatic N) is 3. The van der Waals surface area contributed by atoms with Gasteiger partial charge in [0.25, 0.3) is 0 Å². The molecular weight excluding hydrogens is 374 g/mol. The zero-order chi connectivity index (χ0) is 20.5. The van der Waals surface area contributed by atoms with Crippen LogP contribution in [0.25, 0.3) is 0 Å². The Hall–Kier alpha value is -3.47. The molecule has 0 N–H and O–H groups in total. The van der Waals surface area contributed by atoms with Gasteiger partial charge in [-0.15, -0.1) is 0 Å². The molecule has 0 saturated carbocycles. The van der Waals surface area contributed by atoms with E-state index in [0.717, 1.165) is 11.1 Å². The number of benzene rings is 2. The first-order valence-electron chi connectivity index (χ1n) is 10.3. The number of hydrogen-bond donors (Lipinski definition) is 0. The fourth-order valence-corrected chi connectivity index (χ4v) is 3.91. The van der Waals surface area contributed by atoms with Crippen molar-refractivity contribution in [3.63, 3.8) is 0 Å². The first-order chi connectivity index (χ1) is 14.7. The summed E-state index contributed by atoms with van der Waals surface area (Å²) in [4.78, 5) is 14.2. The number of ether oxygens (including phenoxy) is 2. The van der Waals surface area contributed by atoms with Crippen molar-refractivity contribution in [3.05, 3.63) is 101 Å². The Morgan fingerprint density at radius 1 is 0.567 bits per heavy atom. The number of aliphatic imine (C=N–C) groups is 2. The van der Waals surface area contributed by atoms with Crippen molar-refractivity contribution >= 4 is 11.8 Å². The molecule has 1 unspecified atom stereocenters. The van der Waals surface area contributed by atoms with Gasteiger partial charge >= 0.3 is 0 Å². The zero-order valence-electron chi connectivity index (χ0n) is 17.0. The molecule has 0 amide bonds. The number of hydrogen-bond acceptors (Lipinski definition) is 5. The van der Waals surface area contributed by atoms with Gasteiger partial charge in [0.2, 0.25) is 11.8 Å². The van der Waals surface area contributed by atoms with E-state index >= 15 is 0 Å². The summed E-state index contributed by atoms with van der Waals surface area (Å²) in [6.07, 6.45) is -0.205. The maximum Gasteiger partial charge on any atom is 0.236 e. The summed E-state index contributed by atoms with van der Waals surface area (Å²) >= 11 is 0. The molecule has 2 aliphatic heterocycles. The Morgan fingerprint density at radius 2 is 1.00 bits per heavy atom. The van der Waals surface area contributed by atoms with Crippen molar-refractivity contribution in [1.29, 1.82) is 0 Å². The van der Waals surface area contributed by atoms with E-state index in [2.05, 4.69) is 38.1 Å². The molecule has 0 radical (unpaired) electrons. The molecule has 2 aromatic carbocycles. The normalized spacial score (nSPS) is 25.3. The zero-order valence-corrected chi connectivity index (χ0v) is 17.0. The average Bonchev–Trinajstić information content (AvgIpc) is 3.38. The van der Waals surface area contributed by atoms with Gasteiger partial charge in [0.1, 0.15) is 23.6 Å². The molecule has 1 aromatic heterocycles. The highest BCUT2D eigenvalue weighted by atomic mass is 16.5. The molecular formula is C25H23N3O2. The first-order valence-corrected chi connectivity index (χ1v) is 10.3. The predicted octanol–water partition coefficient (Wildman–Crippen LogP) is 4.89. The summed E-state index contributed by atoms with van der Waals surface area (Å²) < 4.78 is 12.4. The van der Waals surface area contributed by atoms with E-state index < -0.39 is 0 Å². The quantitative estimate of drug-likeness (QED) is 0.629. The lowest BCUT2D eigenvalue weighted by Crippen LogP contribution is -2.13. The van der Waals surface area contributed by atoms with Crippen LogP contribution in [-0.4, -0.2) is 28.9 Å². The third-order valence-corrected chi connectivity index (χ3v) is 5.44. The van der Waals surface area contributed by atoms with E-state index in [1.807, 2.05) is 54.6 Å². The monoisotopic (exact) mass is 397 g/mol. The predicted molar refractivity (Wildman–Crippen MR) is 117 cm³/mol. The van der Waals surface area contributed by atoms with Gasteiger partial charge in [0.15, 0.2) is 0 Å². The number of pyridine rings is 1. The molecule has 4 atom stereocenters. The maximum atomic E-state index is 6.18. The molecule has 3 heterocycles. The minimum atomic E-state index is -0.103. The highest BCUT2D eigenvalue weighted by Crippen LogP contribution is 2.32. The summed E-state index contributed by atoms with van der Waals surface area (Å²) in [5.41, 5.74) is 3.62.